The Bertz CT molecular complexity index is 848. The molecule has 28 heavy (non-hydrogen) atoms. The Morgan fingerprint density at radius 3 is 2.46 bits per heavy atom. The number of rotatable bonds is 9. The number of nitrogens with one attached hydrogen (secondary N) is 1. The van der Waals surface area contributed by atoms with E-state index in [0.29, 0.717) is 24.0 Å². The summed E-state index contributed by atoms with van der Waals surface area (Å²) in [5.41, 5.74) is 2.42. The summed E-state index contributed by atoms with van der Waals surface area (Å²) >= 11 is 0. The minimum Gasteiger partial charge on any atom is -0.497 e. The molecular weight excluding hydrogens is 372 g/mol. The lowest BCUT2D eigenvalue weighted by Crippen LogP contribution is -2.34. The summed E-state index contributed by atoms with van der Waals surface area (Å²) in [5, 5.41) is 0. The molecule has 1 heterocycles. The number of aryl methyl sites for hydroxylation is 1. The first-order valence-corrected chi connectivity index (χ1v) is 11.5. The normalized spacial score (nSPS) is 17.7. The average molecular weight is 403 g/mol. The second kappa shape index (κ2) is 9.54. The van der Waals surface area contributed by atoms with Crippen LogP contribution in [0.5, 0.6) is 5.75 Å². The minimum atomic E-state index is -3.47. The molecule has 6 heteroatoms. The second-order valence-electron chi connectivity index (χ2n) is 7.26. The van der Waals surface area contributed by atoms with Gasteiger partial charge in [0.05, 0.1) is 12.0 Å². The highest BCUT2D eigenvalue weighted by Gasteiger charge is 2.26. The lowest BCUT2D eigenvalue weighted by atomic mass is 10.0. The fraction of sp³-hybridized carbons (Fsp3) is 0.455. The van der Waals surface area contributed by atoms with Gasteiger partial charge in [-0.15, -0.1) is 0 Å². The van der Waals surface area contributed by atoms with E-state index in [2.05, 4.69) is 28.7 Å². The van der Waals surface area contributed by atoms with E-state index in [1.165, 1.54) is 11.1 Å². The minimum absolute atomic E-state index is 0.334. The largest absolute Gasteiger partial charge is 0.497 e. The SMILES string of the molecule is CCCc1ccc(S(=O)(=O)NCCN2CCCC2c2ccc(OC)cc2)cc1. The number of ether oxygens (including phenoxy) is 1. The van der Waals surface area contributed by atoms with Crippen molar-refractivity contribution in [3.05, 3.63) is 59.7 Å². The van der Waals surface area contributed by atoms with Crippen molar-refractivity contribution in [2.24, 2.45) is 0 Å². The Labute approximate surface area is 168 Å². The first-order chi connectivity index (χ1) is 13.5. The van der Waals surface area contributed by atoms with Crippen molar-refractivity contribution >= 4 is 10.0 Å². The summed E-state index contributed by atoms with van der Waals surface area (Å²) in [6.07, 6.45) is 4.24. The molecule has 1 N–H and O–H groups in total. The number of hydrogen-bond acceptors (Lipinski definition) is 4. The highest BCUT2D eigenvalue weighted by atomic mass is 32.2. The van der Waals surface area contributed by atoms with Gasteiger partial charge in [0.15, 0.2) is 0 Å². The standard InChI is InChI=1S/C22H30N2O3S/c1-3-5-18-7-13-21(14-8-18)28(25,26)23-15-17-24-16-4-6-22(24)19-9-11-20(27-2)12-10-19/h7-14,22-23H,3-6,15-17H2,1-2H3. The molecule has 1 saturated heterocycles. The van der Waals surface area contributed by atoms with E-state index in [4.69, 9.17) is 4.74 Å². The quantitative estimate of drug-likeness (QED) is 0.694. The van der Waals surface area contributed by atoms with Gasteiger partial charge < -0.3 is 4.74 Å². The molecule has 0 amide bonds. The number of sulfonamides is 1. The summed E-state index contributed by atoms with van der Waals surface area (Å²) < 4.78 is 33.1. The molecule has 0 aliphatic carbocycles. The van der Waals surface area contributed by atoms with Gasteiger partial charge in [-0.05, 0) is 61.2 Å². The van der Waals surface area contributed by atoms with Crippen LogP contribution in [0.4, 0.5) is 0 Å². The van der Waals surface area contributed by atoms with Crippen molar-refractivity contribution in [3.63, 3.8) is 0 Å². The van der Waals surface area contributed by atoms with Gasteiger partial charge in [0.2, 0.25) is 10.0 Å². The summed E-state index contributed by atoms with van der Waals surface area (Å²) in [6.45, 7) is 4.21. The molecule has 0 radical (unpaired) electrons. The number of nitrogens with zero attached hydrogens (tertiary/aromatic N) is 1. The van der Waals surface area contributed by atoms with Crippen molar-refractivity contribution in [2.45, 2.75) is 43.5 Å². The van der Waals surface area contributed by atoms with Crippen LogP contribution in [-0.2, 0) is 16.4 Å². The summed E-state index contributed by atoms with van der Waals surface area (Å²) in [4.78, 5) is 2.69. The van der Waals surface area contributed by atoms with E-state index in [1.54, 1.807) is 19.2 Å². The molecule has 2 aromatic carbocycles. The zero-order chi connectivity index (χ0) is 20.0. The molecule has 0 aromatic heterocycles. The lowest BCUT2D eigenvalue weighted by Gasteiger charge is -2.25. The fourth-order valence-electron chi connectivity index (χ4n) is 3.83. The van der Waals surface area contributed by atoms with Gasteiger partial charge >= 0.3 is 0 Å². The number of likely N-dealkylation sites (tertiary alicyclic amines) is 1. The zero-order valence-electron chi connectivity index (χ0n) is 16.7. The van der Waals surface area contributed by atoms with Crippen LogP contribution < -0.4 is 9.46 Å². The van der Waals surface area contributed by atoms with Crippen molar-refractivity contribution < 1.29 is 13.2 Å². The maximum Gasteiger partial charge on any atom is 0.240 e. The van der Waals surface area contributed by atoms with Crippen LogP contribution in [0.1, 0.15) is 43.4 Å². The van der Waals surface area contributed by atoms with Crippen molar-refractivity contribution in [1.82, 2.24) is 9.62 Å². The molecule has 5 nitrogen and oxygen atoms in total. The Morgan fingerprint density at radius 2 is 1.82 bits per heavy atom. The first kappa shape index (κ1) is 20.8. The molecule has 0 bridgehead atoms. The highest BCUT2D eigenvalue weighted by molar-refractivity contribution is 7.89. The Kier molecular flexibility index (Phi) is 7.10. The van der Waals surface area contributed by atoms with Gasteiger partial charge in [-0.3, -0.25) is 4.90 Å². The first-order valence-electron chi connectivity index (χ1n) is 10.00. The molecule has 1 aliphatic heterocycles. The lowest BCUT2D eigenvalue weighted by molar-refractivity contribution is 0.261. The maximum atomic E-state index is 12.6. The van der Waals surface area contributed by atoms with Crippen molar-refractivity contribution in [3.8, 4) is 5.75 Å². The fourth-order valence-corrected chi connectivity index (χ4v) is 4.85. The van der Waals surface area contributed by atoms with E-state index in [0.717, 1.165) is 38.0 Å². The third-order valence-electron chi connectivity index (χ3n) is 5.33. The summed E-state index contributed by atoms with van der Waals surface area (Å²) in [6, 6.07) is 15.7. The summed E-state index contributed by atoms with van der Waals surface area (Å²) in [7, 11) is -1.80. The van der Waals surface area contributed by atoms with Crippen LogP contribution >= 0.6 is 0 Å². The molecule has 1 unspecified atom stereocenters. The van der Waals surface area contributed by atoms with Crippen LogP contribution in [-0.4, -0.2) is 40.1 Å². The van der Waals surface area contributed by atoms with Crippen LogP contribution in [0.15, 0.2) is 53.4 Å². The van der Waals surface area contributed by atoms with Gasteiger partial charge in [-0.1, -0.05) is 37.6 Å². The molecule has 0 saturated carbocycles. The number of hydrogen-bond donors (Lipinski definition) is 1. The van der Waals surface area contributed by atoms with Gasteiger partial charge in [0, 0.05) is 19.1 Å². The van der Waals surface area contributed by atoms with Crippen LogP contribution in [0.2, 0.25) is 0 Å². The monoisotopic (exact) mass is 402 g/mol. The Balaban J connectivity index is 1.56. The third kappa shape index (κ3) is 5.13. The molecule has 3 rings (SSSR count). The molecule has 152 valence electrons. The van der Waals surface area contributed by atoms with Gasteiger partial charge in [-0.25, -0.2) is 13.1 Å². The molecule has 1 aliphatic rings. The molecule has 2 aromatic rings. The second-order valence-corrected chi connectivity index (χ2v) is 9.03. The Morgan fingerprint density at radius 1 is 1.11 bits per heavy atom. The van der Waals surface area contributed by atoms with E-state index in [-0.39, 0.29) is 0 Å². The molecule has 1 fully saturated rings. The molecular formula is C22H30N2O3S. The molecule has 0 spiro atoms. The van der Waals surface area contributed by atoms with E-state index >= 15 is 0 Å². The zero-order valence-corrected chi connectivity index (χ0v) is 17.5. The predicted molar refractivity (Wildman–Crippen MR) is 112 cm³/mol. The summed E-state index contributed by atoms with van der Waals surface area (Å²) in [5.74, 6) is 0.853. The number of benzene rings is 2. The predicted octanol–water partition coefficient (Wildman–Crippen LogP) is 3.76. The highest BCUT2D eigenvalue weighted by Crippen LogP contribution is 2.32. The van der Waals surface area contributed by atoms with Gasteiger partial charge in [0.25, 0.3) is 0 Å². The number of methoxy groups -OCH3 is 1. The van der Waals surface area contributed by atoms with E-state index in [1.807, 2.05) is 24.3 Å². The van der Waals surface area contributed by atoms with Gasteiger partial charge in [-0.2, -0.15) is 0 Å². The van der Waals surface area contributed by atoms with Crippen molar-refractivity contribution in [2.75, 3.05) is 26.7 Å². The van der Waals surface area contributed by atoms with E-state index < -0.39 is 10.0 Å². The average Bonchev–Trinajstić information content (AvgIpc) is 3.17. The van der Waals surface area contributed by atoms with Crippen LogP contribution in [0.25, 0.3) is 0 Å². The topological polar surface area (TPSA) is 58.6 Å². The van der Waals surface area contributed by atoms with Crippen LogP contribution in [0, 0.1) is 0 Å². The smallest absolute Gasteiger partial charge is 0.240 e. The maximum absolute atomic E-state index is 12.6. The van der Waals surface area contributed by atoms with Crippen molar-refractivity contribution in [1.29, 1.82) is 0 Å². The van der Waals surface area contributed by atoms with Crippen LogP contribution in [0.3, 0.4) is 0 Å². The molecule has 1 atom stereocenters. The third-order valence-corrected chi connectivity index (χ3v) is 6.80. The Hall–Kier alpha value is -1.89. The van der Waals surface area contributed by atoms with E-state index in [9.17, 15) is 8.42 Å². The van der Waals surface area contributed by atoms with Gasteiger partial charge in [0.1, 0.15) is 5.75 Å².